The minimum Gasteiger partial charge on any atom is -0.273 e. The number of hydrazine groups is 1. The van der Waals surface area contributed by atoms with Crippen LogP contribution >= 0.6 is 11.6 Å². The maximum atomic E-state index is 12.8. The maximum absolute atomic E-state index is 12.8. The van der Waals surface area contributed by atoms with Crippen LogP contribution in [-0.4, -0.2) is 32.5 Å². The predicted molar refractivity (Wildman–Crippen MR) is 82.3 cm³/mol. The third kappa shape index (κ3) is 1.53. The van der Waals surface area contributed by atoms with Crippen LogP contribution in [0.1, 0.15) is 23.3 Å². The summed E-state index contributed by atoms with van der Waals surface area (Å²) in [5.74, 6) is -1.69. The number of imide groups is 1. The van der Waals surface area contributed by atoms with Crippen molar-refractivity contribution in [2.75, 3.05) is 0 Å². The Bertz CT molecular complexity index is 806. The number of aromatic nitrogens is 2. The van der Waals surface area contributed by atoms with Gasteiger partial charge in [-0.2, -0.15) is 10.1 Å². The Morgan fingerprint density at radius 2 is 1.83 bits per heavy atom. The largest absolute Gasteiger partial charge is 0.292 e. The monoisotopic (exact) mass is 346 g/mol. The number of hydrogen-bond acceptors (Lipinski definition) is 4. The molecule has 1 saturated heterocycles. The molecule has 0 aromatic carbocycles. The van der Waals surface area contributed by atoms with Gasteiger partial charge >= 0.3 is 0 Å². The van der Waals surface area contributed by atoms with Gasteiger partial charge in [-0.3, -0.25) is 24.5 Å². The first-order valence-corrected chi connectivity index (χ1v) is 8.38. The van der Waals surface area contributed by atoms with Crippen LogP contribution in [0.25, 0.3) is 0 Å². The zero-order chi connectivity index (χ0) is 16.8. The fraction of sp³-hybridized carbons (Fsp3) is 0.500. The molecule has 8 heteroatoms. The second kappa shape index (κ2) is 4.27. The van der Waals surface area contributed by atoms with E-state index in [-0.39, 0.29) is 51.6 Å². The van der Waals surface area contributed by atoms with Crippen molar-refractivity contribution in [1.82, 2.24) is 20.2 Å². The van der Waals surface area contributed by atoms with E-state index in [0.717, 1.165) is 17.9 Å². The summed E-state index contributed by atoms with van der Waals surface area (Å²) in [6.45, 7) is 0. The van der Waals surface area contributed by atoms with Crippen molar-refractivity contribution in [2.45, 2.75) is 12.8 Å². The first-order valence-electron chi connectivity index (χ1n) is 8.00. The molecule has 2 heterocycles. The van der Waals surface area contributed by atoms with Gasteiger partial charge in [0, 0.05) is 13.2 Å². The van der Waals surface area contributed by atoms with Crippen LogP contribution in [0.4, 0.5) is 0 Å². The van der Waals surface area contributed by atoms with E-state index in [1.165, 1.54) is 10.9 Å². The number of amides is 3. The number of halogens is 1. The van der Waals surface area contributed by atoms with Crippen molar-refractivity contribution in [3.63, 3.8) is 0 Å². The lowest BCUT2D eigenvalue weighted by molar-refractivity contribution is -0.144. The molecule has 3 fully saturated rings. The molecule has 7 nitrogen and oxygen atoms in total. The Hall–Kier alpha value is -2.15. The Labute approximate surface area is 142 Å². The molecule has 2 saturated carbocycles. The number of carbonyl (C=O) groups excluding carboxylic acids is 3. The van der Waals surface area contributed by atoms with Crippen LogP contribution in [0.5, 0.6) is 0 Å². The molecule has 3 aliphatic carbocycles. The summed E-state index contributed by atoms with van der Waals surface area (Å²) >= 11 is 5.95. The second-order valence-corrected chi connectivity index (χ2v) is 7.58. The number of rotatable bonds is 2. The smallest absolute Gasteiger partial charge is 0.273 e. The lowest BCUT2D eigenvalue weighted by atomic mass is 9.85. The van der Waals surface area contributed by atoms with Crippen LogP contribution in [0.3, 0.4) is 0 Å². The summed E-state index contributed by atoms with van der Waals surface area (Å²) in [6.07, 6.45) is 7.83. The lowest BCUT2D eigenvalue weighted by Gasteiger charge is -2.21. The zero-order valence-corrected chi connectivity index (χ0v) is 13.7. The Morgan fingerprint density at radius 3 is 2.29 bits per heavy atom. The van der Waals surface area contributed by atoms with Crippen LogP contribution in [0.2, 0.25) is 5.02 Å². The third-order valence-corrected chi connectivity index (χ3v) is 6.34. The average Bonchev–Trinajstić information content (AvgIpc) is 2.99. The van der Waals surface area contributed by atoms with E-state index in [1.54, 1.807) is 7.05 Å². The summed E-state index contributed by atoms with van der Waals surface area (Å²) in [5, 5.41) is 5.01. The number of carbonyl (C=O) groups is 3. The van der Waals surface area contributed by atoms with Gasteiger partial charge in [-0.1, -0.05) is 23.8 Å². The molecule has 4 aliphatic rings. The summed E-state index contributed by atoms with van der Waals surface area (Å²) in [5.41, 5.74) is 2.54. The molecule has 1 N–H and O–H groups in total. The standard InChI is InChI=1S/C16H15ClN4O3/c1-20-6-9(17)12(18-20)13(22)19-21-14(23)10-7-2-3-8(11(10)15(21)24)16(7)4-5-16/h2-3,6-8,10-11H,4-5H2,1H3,(H,19,22)/t7-,8-,10-,11+/m0/s1. The fourth-order valence-corrected chi connectivity index (χ4v) is 5.22. The SMILES string of the molecule is Cn1cc(Cl)c(C(=O)NN2C(=O)[C@@H]3[C@H](C2=O)[C@@H]2C=C[C@@H]3C23CC3)n1. The highest BCUT2D eigenvalue weighted by Gasteiger charge is 2.73. The van der Waals surface area contributed by atoms with Gasteiger partial charge in [-0.05, 0) is 30.1 Å². The molecule has 3 amide bonds. The highest BCUT2D eigenvalue weighted by Crippen LogP contribution is 2.73. The molecule has 1 spiro atoms. The summed E-state index contributed by atoms with van der Waals surface area (Å²) in [4.78, 5) is 37.8. The molecule has 0 unspecified atom stereocenters. The maximum Gasteiger partial charge on any atom is 0.292 e. The molecule has 124 valence electrons. The van der Waals surface area contributed by atoms with E-state index in [4.69, 9.17) is 11.6 Å². The molecular weight excluding hydrogens is 332 g/mol. The van der Waals surface area contributed by atoms with Gasteiger partial charge in [-0.15, -0.1) is 0 Å². The Kier molecular flexibility index (Phi) is 2.53. The Balaban J connectivity index is 1.42. The number of aryl methyl sites for hydroxylation is 1. The quantitative estimate of drug-likeness (QED) is 0.637. The average molecular weight is 347 g/mol. The van der Waals surface area contributed by atoms with Crippen LogP contribution < -0.4 is 5.43 Å². The number of allylic oxidation sites excluding steroid dienone is 2. The lowest BCUT2D eigenvalue weighted by Crippen LogP contribution is -2.48. The van der Waals surface area contributed by atoms with E-state index in [1.807, 2.05) is 0 Å². The molecule has 5 rings (SSSR count). The van der Waals surface area contributed by atoms with Gasteiger partial charge in [0.15, 0.2) is 5.69 Å². The second-order valence-electron chi connectivity index (χ2n) is 7.17. The topological polar surface area (TPSA) is 84.3 Å². The molecular formula is C16H15ClN4O3. The van der Waals surface area contributed by atoms with Crippen LogP contribution in [0.15, 0.2) is 18.3 Å². The van der Waals surface area contributed by atoms with Gasteiger partial charge < -0.3 is 0 Å². The van der Waals surface area contributed by atoms with Crippen molar-refractivity contribution in [3.8, 4) is 0 Å². The van der Waals surface area contributed by atoms with Crippen molar-refractivity contribution < 1.29 is 14.4 Å². The molecule has 4 atom stereocenters. The minimum atomic E-state index is -0.649. The van der Waals surface area contributed by atoms with Gasteiger partial charge in [0.05, 0.1) is 16.9 Å². The fourth-order valence-electron chi connectivity index (χ4n) is 4.96. The van der Waals surface area contributed by atoms with Crippen LogP contribution in [-0.2, 0) is 16.6 Å². The van der Waals surface area contributed by atoms with E-state index >= 15 is 0 Å². The highest BCUT2D eigenvalue weighted by atomic mass is 35.5. The predicted octanol–water partition coefficient (Wildman–Crippen LogP) is 0.915. The van der Waals surface area contributed by atoms with Crippen molar-refractivity contribution in [2.24, 2.45) is 36.1 Å². The molecule has 1 aromatic rings. The number of hydrogen-bond donors (Lipinski definition) is 1. The van der Waals surface area contributed by atoms with Crippen molar-refractivity contribution >= 4 is 29.3 Å². The normalized spacial score (nSPS) is 34.3. The first-order chi connectivity index (χ1) is 11.4. The molecule has 24 heavy (non-hydrogen) atoms. The first kappa shape index (κ1) is 14.2. The molecule has 2 bridgehead atoms. The highest BCUT2D eigenvalue weighted by molar-refractivity contribution is 6.33. The minimum absolute atomic E-state index is 0.00316. The summed E-state index contributed by atoms with van der Waals surface area (Å²) in [7, 11) is 1.64. The van der Waals surface area contributed by atoms with E-state index in [2.05, 4.69) is 22.7 Å². The number of nitrogens with zero attached hydrogens (tertiary/aromatic N) is 3. The van der Waals surface area contributed by atoms with Gasteiger partial charge in [0.1, 0.15) is 0 Å². The summed E-state index contributed by atoms with van der Waals surface area (Å²) < 4.78 is 1.40. The van der Waals surface area contributed by atoms with E-state index in [0.29, 0.717) is 0 Å². The number of nitrogens with one attached hydrogen (secondary N) is 1. The third-order valence-electron chi connectivity index (χ3n) is 6.07. The molecule has 0 radical (unpaired) electrons. The van der Waals surface area contributed by atoms with Gasteiger partial charge in [0.25, 0.3) is 17.7 Å². The number of fused-ring (bicyclic) bond motifs is 3. The van der Waals surface area contributed by atoms with Crippen molar-refractivity contribution in [1.29, 1.82) is 0 Å². The molecule has 1 aromatic heterocycles. The van der Waals surface area contributed by atoms with Gasteiger partial charge in [0.2, 0.25) is 0 Å². The van der Waals surface area contributed by atoms with E-state index < -0.39 is 5.91 Å². The summed E-state index contributed by atoms with van der Waals surface area (Å²) in [6, 6.07) is 0. The van der Waals surface area contributed by atoms with Crippen LogP contribution in [0, 0.1) is 29.1 Å². The van der Waals surface area contributed by atoms with E-state index in [9.17, 15) is 14.4 Å². The molecule has 1 aliphatic heterocycles. The zero-order valence-electron chi connectivity index (χ0n) is 12.9. The van der Waals surface area contributed by atoms with Gasteiger partial charge in [-0.25, -0.2) is 0 Å². The van der Waals surface area contributed by atoms with Crippen molar-refractivity contribution in [3.05, 3.63) is 29.1 Å². The Morgan fingerprint density at radius 1 is 1.25 bits per heavy atom.